The van der Waals surface area contributed by atoms with E-state index in [1.807, 2.05) is 0 Å². The van der Waals surface area contributed by atoms with E-state index in [1.165, 1.54) is 122 Å². The van der Waals surface area contributed by atoms with E-state index in [4.69, 9.17) is 18.9 Å². The van der Waals surface area contributed by atoms with Crippen LogP contribution in [0, 0.1) is 0 Å². The van der Waals surface area contributed by atoms with Crippen molar-refractivity contribution in [1.29, 1.82) is 0 Å². The summed E-state index contributed by atoms with van der Waals surface area (Å²) in [4.78, 5) is 27.4. The van der Waals surface area contributed by atoms with Gasteiger partial charge in [0.05, 0.1) is 19.3 Å². The summed E-state index contributed by atoms with van der Waals surface area (Å²) in [5, 5.41) is 0. The molecular formula is C50H97NO6. The molecule has 0 spiro atoms. The Morgan fingerprint density at radius 2 is 1.00 bits per heavy atom. The molecule has 7 nitrogen and oxygen atoms in total. The van der Waals surface area contributed by atoms with Gasteiger partial charge in [-0.25, -0.2) is 0 Å². The number of unbranched alkanes of at least 4 members (excludes halogenated alkanes) is 24. The highest BCUT2D eigenvalue weighted by Crippen LogP contribution is 2.36. The zero-order chi connectivity index (χ0) is 41.5. The number of rotatable bonds is 43. The van der Waals surface area contributed by atoms with Gasteiger partial charge in [0.25, 0.3) is 0 Å². The minimum absolute atomic E-state index is 0.0102. The Balaban J connectivity index is 2.36. The summed E-state index contributed by atoms with van der Waals surface area (Å²) in [6.07, 6.45) is 42.2. The molecule has 0 radical (unpaired) electrons. The first-order valence-corrected chi connectivity index (χ1v) is 25.2. The highest BCUT2D eigenvalue weighted by molar-refractivity contribution is 5.69. The second kappa shape index (κ2) is 39.0. The van der Waals surface area contributed by atoms with Crippen LogP contribution in [0.2, 0.25) is 0 Å². The van der Waals surface area contributed by atoms with Gasteiger partial charge in [-0.05, 0) is 91.3 Å². The molecule has 0 aromatic rings. The van der Waals surface area contributed by atoms with Crippen LogP contribution < -0.4 is 0 Å². The molecule has 0 N–H and O–H groups in total. The van der Waals surface area contributed by atoms with E-state index in [1.54, 1.807) is 0 Å². The molecule has 1 heterocycles. The number of hydrogen-bond donors (Lipinski definition) is 0. The van der Waals surface area contributed by atoms with Crippen molar-refractivity contribution in [3.8, 4) is 0 Å². The van der Waals surface area contributed by atoms with Gasteiger partial charge >= 0.3 is 11.9 Å². The Hall–Kier alpha value is -1.18. The molecule has 0 unspecified atom stereocenters. The van der Waals surface area contributed by atoms with Crippen molar-refractivity contribution in [3.05, 3.63) is 0 Å². The maximum atomic E-state index is 12.9. The van der Waals surface area contributed by atoms with E-state index < -0.39 is 5.79 Å². The van der Waals surface area contributed by atoms with Crippen LogP contribution in [0.15, 0.2) is 0 Å². The van der Waals surface area contributed by atoms with Crippen LogP contribution in [0.3, 0.4) is 0 Å². The van der Waals surface area contributed by atoms with Crippen LogP contribution in [0.5, 0.6) is 0 Å². The van der Waals surface area contributed by atoms with Gasteiger partial charge in [0.2, 0.25) is 0 Å². The number of carbonyl (C=O) groups is 2. The zero-order valence-electron chi connectivity index (χ0n) is 38.8. The monoisotopic (exact) mass is 808 g/mol. The molecule has 1 aliphatic heterocycles. The highest BCUT2D eigenvalue weighted by Gasteiger charge is 2.40. The maximum absolute atomic E-state index is 12.9. The average Bonchev–Trinajstić information content (AvgIpc) is 3.59. The molecule has 57 heavy (non-hydrogen) atoms. The average molecular weight is 808 g/mol. The van der Waals surface area contributed by atoms with Gasteiger partial charge in [0.15, 0.2) is 5.79 Å². The van der Waals surface area contributed by atoms with Gasteiger partial charge in [0, 0.05) is 25.7 Å². The van der Waals surface area contributed by atoms with E-state index in [9.17, 15) is 9.59 Å². The van der Waals surface area contributed by atoms with Gasteiger partial charge < -0.3 is 23.8 Å². The third-order valence-electron chi connectivity index (χ3n) is 12.0. The minimum Gasteiger partial charge on any atom is -0.466 e. The van der Waals surface area contributed by atoms with Crippen molar-refractivity contribution >= 4 is 11.9 Å². The first-order valence-electron chi connectivity index (χ1n) is 25.2. The summed E-state index contributed by atoms with van der Waals surface area (Å²) < 4.78 is 24.8. The van der Waals surface area contributed by atoms with Crippen molar-refractivity contribution in [2.75, 3.05) is 33.9 Å². The van der Waals surface area contributed by atoms with Crippen LogP contribution in [0.4, 0.5) is 0 Å². The highest BCUT2D eigenvalue weighted by atomic mass is 16.7. The van der Waals surface area contributed by atoms with E-state index in [-0.39, 0.29) is 24.1 Å². The molecule has 1 rings (SSSR count). The summed E-state index contributed by atoms with van der Waals surface area (Å²) in [5.41, 5.74) is 0. The lowest BCUT2D eigenvalue weighted by atomic mass is 9.99. The molecule has 0 aromatic carbocycles. The van der Waals surface area contributed by atoms with E-state index in [0.29, 0.717) is 26.1 Å². The van der Waals surface area contributed by atoms with Crippen molar-refractivity contribution in [2.45, 2.75) is 276 Å². The normalized spacial score (nSPS) is 16.9. The summed E-state index contributed by atoms with van der Waals surface area (Å²) in [6, 6.07) is 0. The molecule has 0 aliphatic carbocycles. The fourth-order valence-electron chi connectivity index (χ4n) is 8.30. The number of esters is 2. The first-order chi connectivity index (χ1) is 27.8. The topological polar surface area (TPSA) is 74.3 Å². The lowest BCUT2D eigenvalue weighted by Gasteiger charge is -2.28. The molecule has 0 bridgehead atoms. The summed E-state index contributed by atoms with van der Waals surface area (Å²) >= 11 is 0. The van der Waals surface area contributed by atoms with Gasteiger partial charge in [0.1, 0.15) is 6.10 Å². The number of carbonyl (C=O) groups excluding carboxylic acids is 2. The van der Waals surface area contributed by atoms with Crippen LogP contribution in [0.25, 0.3) is 0 Å². The van der Waals surface area contributed by atoms with Crippen LogP contribution in [-0.2, 0) is 28.5 Å². The van der Waals surface area contributed by atoms with E-state index >= 15 is 0 Å². The molecule has 1 aliphatic rings. The standard InChI is InChI=1S/C50H97NO6/c1-6-9-12-15-18-19-20-26-34-44-54-48(52)39-31-27-33-42-50(55-45-47(57-50)38-35-43-51(4)5)41-32-25-21-24-30-40-49(53)56-46(36-28-22-16-13-10-7-2)37-29-23-17-14-11-8-3/h46-47H,6-45H2,1-5H3/t47-,50+/m1/s1. The van der Waals surface area contributed by atoms with Gasteiger partial charge in [-0.1, -0.05) is 162 Å². The van der Waals surface area contributed by atoms with Gasteiger partial charge in [-0.2, -0.15) is 0 Å². The van der Waals surface area contributed by atoms with Crippen LogP contribution in [-0.4, -0.2) is 68.7 Å². The molecule has 0 amide bonds. The Bertz CT molecular complexity index is 882. The third kappa shape index (κ3) is 33.3. The number of hydrogen-bond acceptors (Lipinski definition) is 7. The Kier molecular flexibility index (Phi) is 36.8. The maximum Gasteiger partial charge on any atom is 0.306 e. The number of ether oxygens (including phenoxy) is 4. The van der Waals surface area contributed by atoms with Crippen LogP contribution >= 0.6 is 0 Å². The van der Waals surface area contributed by atoms with E-state index in [2.05, 4.69) is 39.8 Å². The van der Waals surface area contributed by atoms with Gasteiger partial charge in [-0.3, -0.25) is 9.59 Å². The second-order valence-electron chi connectivity index (χ2n) is 18.0. The number of nitrogens with zero attached hydrogens (tertiary/aromatic N) is 1. The Labute approximate surface area is 354 Å². The summed E-state index contributed by atoms with van der Waals surface area (Å²) in [7, 11) is 4.25. The fraction of sp³-hybridized carbons (Fsp3) is 0.960. The van der Waals surface area contributed by atoms with Crippen molar-refractivity contribution < 1.29 is 28.5 Å². The first kappa shape index (κ1) is 53.8. The molecule has 2 atom stereocenters. The van der Waals surface area contributed by atoms with E-state index in [0.717, 1.165) is 109 Å². The third-order valence-corrected chi connectivity index (χ3v) is 12.0. The minimum atomic E-state index is -0.496. The Morgan fingerprint density at radius 3 is 1.53 bits per heavy atom. The predicted octanol–water partition coefficient (Wildman–Crippen LogP) is 14.6. The Morgan fingerprint density at radius 1 is 0.561 bits per heavy atom. The zero-order valence-corrected chi connectivity index (χ0v) is 38.8. The van der Waals surface area contributed by atoms with Crippen molar-refractivity contribution in [3.63, 3.8) is 0 Å². The smallest absolute Gasteiger partial charge is 0.306 e. The molecular weight excluding hydrogens is 711 g/mol. The summed E-state index contributed by atoms with van der Waals surface area (Å²) in [6.45, 7) is 9.10. The molecule has 1 fully saturated rings. The largest absolute Gasteiger partial charge is 0.466 e. The summed E-state index contributed by atoms with van der Waals surface area (Å²) in [5.74, 6) is -0.534. The SMILES string of the molecule is CCCCCCCCCCCOC(=O)CCCCC[C@@]1(CCCCCCCC(=O)OC(CCCCCCCC)CCCCCCCC)OC[C@@H](CCCN(C)C)O1. The predicted molar refractivity (Wildman–Crippen MR) is 241 cm³/mol. The lowest BCUT2D eigenvalue weighted by Crippen LogP contribution is -2.31. The molecule has 1 saturated heterocycles. The lowest BCUT2D eigenvalue weighted by molar-refractivity contribution is -0.180. The van der Waals surface area contributed by atoms with Crippen LogP contribution in [0.1, 0.15) is 258 Å². The van der Waals surface area contributed by atoms with Crippen molar-refractivity contribution in [2.24, 2.45) is 0 Å². The molecule has 0 aromatic heterocycles. The van der Waals surface area contributed by atoms with Crippen molar-refractivity contribution in [1.82, 2.24) is 4.90 Å². The quantitative estimate of drug-likeness (QED) is 0.0449. The molecule has 7 heteroatoms. The fourth-order valence-corrected chi connectivity index (χ4v) is 8.30. The van der Waals surface area contributed by atoms with Gasteiger partial charge in [-0.15, -0.1) is 0 Å². The molecule has 338 valence electrons. The molecule has 0 saturated carbocycles. The second-order valence-corrected chi connectivity index (χ2v) is 18.0.